The van der Waals surface area contributed by atoms with Gasteiger partial charge in [-0.05, 0) is 33.7 Å². The van der Waals surface area contributed by atoms with Gasteiger partial charge in [0.1, 0.15) is 0 Å². The zero-order valence-corrected chi connectivity index (χ0v) is 12.7. The number of carbonyl (C=O) groups excluding carboxylic acids is 1. The fourth-order valence-corrected chi connectivity index (χ4v) is 3.00. The van der Waals surface area contributed by atoms with Gasteiger partial charge >= 0.3 is 0 Å². The second-order valence-corrected chi connectivity index (χ2v) is 5.99. The highest BCUT2D eigenvalue weighted by Gasteiger charge is 2.31. The van der Waals surface area contributed by atoms with Crippen molar-refractivity contribution in [2.24, 2.45) is 0 Å². The number of carbonyl (C=O) groups is 1. The number of ketones is 1. The van der Waals surface area contributed by atoms with Gasteiger partial charge in [-0.3, -0.25) is 9.69 Å². The van der Waals surface area contributed by atoms with E-state index in [2.05, 4.69) is 0 Å². The smallest absolute Gasteiger partial charge is 0.179 e. The van der Waals surface area contributed by atoms with Crippen LogP contribution in [0, 0.1) is 6.92 Å². The molecule has 3 unspecified atom stereocenters. The van der Waals surface area contributed by atoms with Gasteiger partial charge in [0, 0.05) is 11.6 Å². The van der Waals surface area contributed by atoms with Crippen LogP contribution in [0.3, 0.4) is 0 Å². The molecule has 0 bridgehead atoms. The van der Waals surface area contributed by atoms with Crippen LogP contribution in [-0.4, -0.2) is 41.0 Å². The Bertz CT molecular complexity index is 455. The fourth-order valence-electron chi connectivity index (χ4n) is 3.00. The standard InChI is InChI=1S/C17H25NO2/c1-12-8-10-14(11-9-12)17(20)13(2)18(3)15-6-4-5-7-16(15)19/h8-11,13,15-16,19H,4-7H2,1-3H3. The summed E-state index contributed by atoms with van der Waals surface area (Å²) in [6, 6.07) is 7.62. The van der Waals surface area contributed by atoms with Crippen LogP contribution >= 0.6 is 0 Å². The molecule has 0 aliphatic heterocycles. The number of aryl methyl sites for hydroxylation is 1. The average molecular weight is 275 g/mol. The molecule has 1 aromatic carbocycles. The van der Waals surface area contributed by atoms with E-state index in [0.29, 0.717) is 0 Å². The van der Waals surface area contributed by atoms with Crippen LogP contribution in [0.4, 0.5) is 0 Å². The molecule has 1 N–H and O–H groups in total. The van der Waals surface area contributed by atoms with Crippen molar-refractivity contribution < 1.29 is 9.90 Å². The normalized spacial score (nSPS) is 24.6. The fraction of sp³-hybridized carbons (Fsp3) is 0.588. The molecular weight excluding hydrogens is 250 g/mol. The zero-order chi connectivity index (χ0) is 14.7. The Labute approximate surface area is 121 Å². The van der Waals surface area contributed by atoms with Crippen LogP contribution in [0.15, 0.2) is 24.3 Å². The molecule has 3 nitrogen and oxygen atoms in total. The first kappa shape index (κ1) is 15.2. The Hall–Kier alpha value is -1.19. The van der Waals surface area contributed by atoms with Gasteiger partial charge in [-0.2, -0.15) is 0 Å². The molecule has 3 atom stereocenters. The second kappa shape index (κ2) is 6.51. The first-order valence-electron chi connectivity index (χ1n) is 7.51. The second-order valence-electron chi connectivity index (χ2n) is 5.99. The van der Waals surface area contributed by atoms with E-state index in [1.807, 2.05) is 50.1 Å². The molecule has 0 spiro atoms. The van der Waals surface area contributed by atoms with Gasteiger partial charge < -0.3 is 5.11 Å². The maximum absolute atomic E-state index is 12.5. The van der Waals surface area contributed by atoms with Gasteiger partial charge in [0.2, 0.25) is 0 Å². The van der Waals surface area contributed by atoms with E-state index in [9.17, 15) is 9.90 Å². The van der Waals surface area contributed by atoms with Gasteiger partial charge in [-0.1, -0.05) is 42.7 Å². The molecule has 0 heterocycles. The first-order valence-corrected chi connectivity index (χ1v) is 7.51. The van der Waals surface area contributed by atoms with Crippen molar-refractivity contribution in [3.05, 3.63) is 35.4 Å². The third-order valence-corrected chi connectivity index (χ3v) is 4.54. The van der Waals surface area contributed by atoms with E-state index in [1.54, 1.807) is 0 Å². The van der Waals surface area contributed by atoms with Crippen molar-refractivity contribution in [1.82, 2.24) is 4.90 Å². The maximum Gasteiger partial charge on any atom is 0.179 e. The zero-order valence-electron chi connectivity index (χ0n) is 12.7. The van der Waals surface area contributed by atoms with Gasteiger partial charge in [0.15, 0.2) is 5.78 Å². The number of aliphatic hydroxyl groups excluding tert-OH is 1. The summed E-state index contributed by atoms with van der Waals surface area (Å²) in [6.07, 6.45) is 3.74. The van der Waals surface area contributed by atoms with Crippen molar-refractivity contribution in [3.8, 4) is 0 Å². The predicted octanol–water partition coefficient (Wildman–Crippen LogP) is 2.80. The monoisotopic (exact) mass is 275 g/mol. The van der Waals surface area contributed by atoms with E-state index in [-0.39, 0.29) is 24.0 Å². The number of hydrogen-bond acceptors (Lipinski definition) is 3. The Morgan fingerprint density at radius 3 is 2.45 bits per heavy atom. The Morgan fingerprint density at radius 2 is 1.85 bits per heavy atom. The number of benzene rings is 1. The molecule has 20 heavy (non-hydrogen) atoms. The highest BCUT2D eigenvalue weighted by molar-refractivity contribution is 5.99. The summed E-state index contributed by atoms with van der Waals surface area (Å²) < 4.78 is 0. The highest BCUT2D eigenvalue weighted by atomic mass is 16.3. The van der Waals surface area contributed by atoms with Gasteiger partial charge in [-0.25, -0.2) is 0 Å². The van der Waals surface area contributed by atoms with Crippen molar-refractivity contribution >= 4 is 5.78 Å². The van der Waals surface area contributed by atoms with E-state index in [0.717, 1.165) is 36.8 Å². The molecule has 1 aromatic rings. The van der Waals surface area contributed by atoms with Crippen molar-refractivity contribution in [2.75, 3.05) is 7.05 Å². The lowest BCUT2D eigenvalue weighted by Gasteiger charge is -2.38. The third kappa shape index (κ3) is 3.28. The molecule has 3 heteroatoms. The molecule has 0 saturated heterocycles. The predicted molar refractivity (Wildman–Crippen MR) is 81.0 cm³/mol. The Balaban J connectivity index is 2.07. The molecular formula is C17H25NO2. The van der Waals surface area contributed by atoms with Crippen molar-refractivity contribution in [3.63, 3.8) is 0 Å². The minimum absolute atomic E-state index is 0.105. The number of likely N-dealkylation sites (N-methyl/N-ethyl adjacent to an activating group) is 1. The summed E-state index contributed by atoms with van der Waals surface area (Å²) in [6.45, 7) is 3.95. The lowest BCUT2D eigenvalue weighted by Crippen LogP contribution is -2.49. The maximum atomic E-state index is 12.5. The molecule has 1 saturated carbocycles. The van der Waals surface area contributed by atoms with Crippen LogP contribution in [0.5, 0.6) is 0 Å². The van der Waals surface area contributed by atoms with Crippen molar-refractivity contribution in [1.29, 1.82) is 0 Å². The Kier molecular flexibility index (Phi) is 4.95. The van der Waals surface area contributed by atoms with E-state index >= 15 is 0 Å². The van der Waals surface area contributed by atoms with Gasteiger partial charge in [0.25, 0.3) is 0 Å². The quantitative estimate of drug-likeness (QED) is 0.859. The molecule has 110 valence electrons. The number of rotatable bonds is 4. The molecule has 1 aliphatic rings. The van der Waals surface area contributed by atoms with Crippen molar-refractivity contribution in [2.45, 2.75) is 57.7 Å². The summed E-state index contributed by atoms with van der Waals surface area (Å²) in [5, 5.41) is 10.1. The van der Waals surface area contributed by atoms with E-state index in [4.69, 9.17) is 0 Å². The van der Waals surface area contributed by atoms with Crippen LogP contribution < -0.4 is 0 Å². The van der Waals surface area contributed by atoms with Gasteiger partial charge in [0.05, 0.1) is 12.1 Å². The summed E-state index contributed by atoms with van der Waals surface area (Å²) in [4.78, 5) is 14.6. The molecule has 2 rings (SSSR count). The number of nitrogens with zero attached hydrogens (tertiary/aromatic N) is 1. The van der Waals surface area contributed by atoms with Crippen LogP contribution in [0.25, 0.3) is 0 Å². The molecule has 1 aliphatic carbocycles. The topological polar surface area (TPSA) is 40.5 Å². The Morgan fingerprint density at radius 1 is 1.25 bits per heavy atom. The van der Waals surface area contributed by atoms with Crippen LogP contribution in [-0.2, 0) is 0 Å². The average Bonchev–Trinajstić information content (AvgIpc) is 2.46. The third-order valence-electron chi connectivity index (χ3n) is 4.54. The lowest BCUT2D eigenvalue weighted by molar-refractivity contribution is 0.0171. The summed E-state index contributed by atoms with van der Waals surface area (Å²) in [7, 11) is 1.95. The summed E-state index contributed by atoms with van der Waals surface area (Å²) in [5.74, 6) is 0.130. The molecule has 1 fully saturated rings. The summed E-state index contributed by atoms with van der Waals surface area (Å²) >= 11 is 0. The lowest BCUT2D eigenvalue weighted by atomic mass is 9.90. The number of aliphatic hydroxyl groups is 1. The van der Waals surface area contributed by atoms with Crippen LogP contribution in [0.2, 0.25) is 0 Å². The summed E-state index contributed by atoms with van der Waals surface area (Å²) in [5.41, 5.74) is 1.91. The van der Waals surface area contributed by atoms with E-state index < -0.39 is 0 Å². The van der Waals surface area contributed by atoms with Crippen LogP contribution in [0.1, 0.15) is 48.5 Å². The first-order chi connectivity index (χ1) is 9.50. The number of hydrogen-bond donors (Lipinski definition) is 1. The largest absolute Gasteiger partial charge is 0.391 e. The van der Waals surface area contributed by atoms with Gasteiger partial charge in [-0.15, -0.1) is 0 Å². The SMILES string of the molecule is Cc1ccc(C(=O)C(C)N(C)C2CCCCC2O)cc1. The minimum atomic E-state index is -0.304. The highest BCUT2D eigenvalue weighted by Crippen LogP contribution is 2.24. The molecule has 0 aromatic heterocycles. The van der Waals surface area contributed by atoms with E-state index in [1.165, 1.54) is 0 Å². The molecule has 0 radical (unpaired) electrons. The number of Topliss-reactive ketones (excluding diaryl/α,β-unsaturated/α-hetero) is 1. The molecule has 0 amide bonds. The minimum Gasteiger partial charge on any atom is -0.391 e.